The molecule has 0 bridgehead atoms. The molecule has 0 unspecified atom stereocenters. The normalized spacial score (nSPS) is 18.5. The SMILES string of the molecule is Cl.ClCCC1(CCCl)CCN(Cc2ccccc2)CC1. The molecule has 0 aliphatic carbocycles. The fourth-order valence-corrected chi connectivity index (χ4v) is 3.85. The zero-order valence-electron chi connectivity index (χ0n) is 11.9. The number of halogens is 3. The predicted molar refractivity (Wildman–Crippen MR) is 91.3 cm³/mol. The average Bonchev–Trinajstić information content (AvgIpc) is 2.43. The van der Waals surface area contributed by atoms with E-state index in [1.54, 1.807) is 0 Å². The van der Waals surface area contributed by atoms with Crippen LogP contribution in [0.25, 0.3) is 0 Å². The van der Waals surface area contributed by atoms with Crippen LogP contribution in [-0.4, -0.2) is 29.7 Å². The fraction of sp³-hybridized carbons (Fsp3) is 0.625. The number of piperidine rings is 1. The van der Waals surface area contributed by atoms with Crippen LogP contribution in [0.4, 0.5) is 0 Å². The second-order valence-electron chi connectivity index (χ2n) is 5.64. The second-order valence-corrected chi connectivity index (χ2v) is 6.40. The van der Waals surface area contributed by atoms with E-state index in [1.807, 2.05) is 0 Å². The minimum Gasteiger partial charge on any atom is -0.299 e. The molecule has 0 radical (unpaired) electrons. The molecule has 0 saturated carbocycles. The number of hydrogen-bond donors (Lipinski definition) is 0. The summed E-state index contributed by atoms with van der Waals surface area (Å²) in [6.07, 6.45) is 4.69. The molecule has 1 aromatic rings. The highest BCUT2D eigenvalue weighted by molar-refractivity contribution is 6.18. The van der Waals surface area contributed by atoms with Crippen LogP contribution >= 0.6 is 35.6 Å². The van der Waals surface area contributed by atoms with Crippen LogP contribution in [0.5, 0.6) is 0 Å². The molecular formula is C16H24Cl3N. The van der Waals surface area contributed by atoms with Gasteiger partial charge in [0.15, 0.2) is 0 Å². The van der Waals surface area contributed by atoms with Crippen molar-refractivity contribution in [1.82, 2.24) is 4.90 Å². The van der Waals surface area contributed by atoms with Crippen molar-refractivity contribution < 1.29 is 0 Å². The van der Waals surface area contributed by atoms with E-state index in [-0.39, 0.29) is 12.4 Å². The molecular weight excluding hydrogens is 313 g/mol. The van der Waals surface area contributed by atoms with Crippen LogP contribution in [0.15, 0.2) is 30.3 Å². The minimum absolute atomic E-state index is 0. The van der Waals surface area contributed by atoms with E-state index in [0.717, 1.165) is 31.1 Å². The number of rotatable bonds is 6. The lowest BCUT2D eigenvalue weighted by Gasteiger charge is -2.41. The summed E-state index contributed by atoms with van der Waals surface area (Å²) in [6.45, 7) is 3.41. The molecule has 1 aliphatic heterocycles. The van der Waals surface area contributed by atoms with Crippen LogP contribution in [0, 0.1) is 5.41 Å². The predicted octanol–water partition coefficient (Wildman–Crippen LogP) is 4.95. The average molecular weight is 337 g/mol. The Morgan fingerprint density at radius 2 is 1.50 bits per heavy atom. The number of alkyl halides is 2. The Morgan fingerprint density at radius 1 is 0.950 bits per heavy atom. The Balaban J connectivity index is 0.00000200. The van der Waals surface area contributed by atoms with Crippen molar-refractivity contribution in [3.8, 4) is 0 Å². The topological polar surface area (TPSA) is 3.24 Å². The zero-order valence-corrected chi connectivity index (χ0v) is 14.2. The smallest absolute Gasteiger partial charge is 0.0233 e. The minimum atomic E-state index is 0. The molecule has 4 heteroatoms. The van der Waals surface area contributed by atoms with Gasteiger partial charge in [-0.3, -0.25) is 4.90 Å². The second kappa shape index (κ2) is 9.15. The fourth-order valence-electron chi connectivity index (χ4n) is 3.05. The largest absolute Gasteiger partial charge is 0.299 e. The molecule has 1 aromatic carbocycles. The Bertz CT molecular complexity index is 353. The number of nitrogens with zero attached hydrogens (tertiary/aromatic N) is 1. The molecule has 20 heavy (non-hydrogen) atoms. The summed E-state index contributed by atoms with van der Waals surface area (Å²) in [7, 11) is 0. The Labute approximate surface area is 139 Å². The summed E-state index contributed by atoms with van der Waals surface area (Å²) < 4.78 is 0. The third-order valence-corrected chi connectivity index (χ3v) is 4.79. The van der Waals surface area contributed by atoms with Crippen LogP contribution in [0.2, 0.25) is 0 Å². The highest BCUT2D eigenvalue weighted by Crippen LogP contribution is 2.39. The monoisotopic (exact) mass is 335 g/mol. The van der Waals surface area contributed by atoms with Gasteiger partial charge >= 0.3 is 0 Å². The molecule has 1 heterocycles. The van der Waals surface area contributed by atoms with Crippen molar-refractivity contribution in [2.45, 2.75) is 32.2 Å². The number of hydrogen-bond acceptors (Lipinski definition) is 1. The van der Waals surface area contributed by atoms with Crippen LogP contribution < -0.4 is 0 Å². The van der Waals surface area contributed by atoms with Crippen molar-refractivity contribution in [3.63, 3.8) is 0 Å². The van der Waals surface area contributed by atoms with Gasteiger partial charge in [0, 0.05) is 18.3 Å². The molecule has 1 aliphatic rings. The van der Waals surface area contributed by atoms with Gasteiger partial charge in [0.25, 0.3) is 0 Å². The molecule has 1 nitrogen and oxygen atoms in total. The molecule has 0 amide bonds. The van der Waals surface area contributed by atoms with Crippen LogP contribution in [-0.2, 0) is 6.54 Å². The molecule has 1 saturated heterocycles. The zero-order chi connectivity index (χ0) is 13.6. The van der Waals surface area contributed by atoms with E-state index in [4.69, 9.17) is 23.2 Å². The van der Waals surface area contributed by atoms with Gasteiger partial charge in [-0.25, -0.2) is 0 Å². The van der Waals surface area contributed by atoms with Gasteiger partial charge in [-0.2, -0.15) is 0 Å². The Hall–Kier alpha value is 0.0500. The highest BCUT2D eigenvalue weighted by atomic mass is 35.5. The van der Waals surface area contributed by atoms with E-state index in [0.29, 0.717) is 5.41 Å². The number of likely N-dealkylation sites (tertiary alicyclic amines) is 1. The summed E-state index contributed by atoms with van der Waals surface area (Å²) in [5.74, 6) is 1.52. The van der Waals surface area contributed by atoms with Gasteiger partial charge in [-0.1, -0.05) is 30.3 Å². The van der Waals surface area contributed by atoms with Crippen molar-refractivity contribution >= 4 is 35.6 Å². The Kier molecular flexibility index (Phi) is 8.28. The summed E-state index contributed by atoms with van der Waals surface area (Å²) in [5.41, 5.74) is 1.81. The van der Waals surface area contributed by atoms with Gasteiger partial charge in [0.05, 0.1) is 0 Å². The summed E-state index contributed by atoms with van der Waals surface area (Å²) in [4.78, 5) is 2.55. The molecule has 114 valence electrons. The molecule has 0 atom stereocenters. The van der Waals surface area contributed by atoms with Crippen LogP contribution in [0.3, 0.4) is 0 Å². The van der Waals surface area contributed by atoms with E-state index >= 15 is 0 Å². The lowest BCUT2D eigenvalue weighted by molar-refractivity contribution is 0.0923. The maximum atomic E-state index is 5.97. The third-order valence-electron chi connectivity index (χ3n) is 4.42. The molecule has 0 N–H and O–H groups in total. The van der Waals surface area contributed by atoms with Gasteiger partial charge in [0.2, 0.25) is 0 Å². The lowest BCUT2D eigenvalue weighted by atomic mass is 9.74. The van der Waals surface area contributed by atoms with Gasteiger partial charge in [-0.15, -0.1) is 35.6 Å². The maximum absolute atomic E-state index is 5.97. The van der Waals surface area contributed by atoms with E-state index < -0.39 is 0 Å². The maximum Gasteiger partial charge on any atom is 0.0233 e. The van der Waals surface area contributed by atoms with E-state index in [2.05, 4.69) is 35.2 Å². The third kappa shape index (κ3) is 5.11. The lowest BCUT2D eigenvalue weighted by Crippen LogP contribution is -2.40. The standard InChI is InChI=1S/C16H23Cl2N.ClH/c17-10-6-16(7-11-18)8-12-19(13-9-16)14-15-4-2-1-3-5-15;/h1-5H,6-14H2;1H. The molecule has 0 aromatic heterocycles. The van der Waals surface area contributed by atoms with E-state index in [1.165, 1.54) is 31.5 Å². The quantitative estimate of drug-likeness (QED) is 0.664. The van der Waals surface area contributed by atoms with Crippen molar-refractivity contribution in [1.29, 1.82) is 0 Å². The highest BCUT2D eigenvalue weighted by Gasteiger charge is 2.33. The summed E-state index contributed by atoms with van der Waals surface area (Å²) >= 11 is 11.9. The molecule has 2 rings (SSSR count). The summed E-state index contributed by atoms with van der Waals surface area (Å²) in [5, 5.41) is 0. The van der Waals surface area contributed by atoms with E-state index in [9.17, 15) is 0 Å². The van der Waals surface area contributed by atoms with Crippen molar-refractivity contribution in [2.24, 2.45) is 5.41 Å². The van der Waals surface area contributed by atoms with Gasteiger partial charge in [0.1, 0.15) is 0 Å². The van der Waals surface area contributed by atoms with Crippen molar-refractivity contribution in [3.05, 3.63) is 35.9 Å². The molecule has 1 fully saturated rings. The molecule has 0 spiro atoms. The van der Waals surface area contributed by atoms with Crippen LogP contribution in [0.1, 0.15) is 31.2 Å². The van der Waals surface area contributed by atoms with Crippen molar-refractivity contribution in [2.75, 3.05) is 24.8 Å². The van der Waals surface area contributed by atoms with Gasteiger partial charge < -0.3 is 0 Å². The first kappa shape index (κ1) is 18.1. The summed E-state index contributed by atoms with van der Waals surface area (Å²) in [6, 6.07) is 10.7. The first-order chi connectivity index (χ1) is 9.28. The Morgan fingerprint density at radius 3 is 2.00 bits per heavy atom. The van der Waals surface area contributed by atoms with Gasteiger partial charge in [-0.05, 0) is 49.8 Å². The number of benzene rings is 1. The first-order valence-electron chi connectivity index (χ1n) is 7.16. The first-order valence-corrected chi connectivity index (χ1v) is 8.23.